The van der Waals surface area contributed by atoms with E-state index in [4.69, 9.17) is 9.47 Å². The fourth-order valence-corrected chi connectivity index (χ4v) is 2.33. The lowest BCUT2D eigenvalue weighted by Crippen LogP contribution is -2.43. The zero-order chi connectivity index (χ0) is 13.7. The molecular weight excluding hydrogens is 244 g/mol. The molecule has 1 heterocycles. The van der Waals surface area contributed by atoms with Crippen LogP contribution in [0, 0.1) is 11.8 Å². The molecule has 5 nitrogen and oxygen atoms in total. The zero-order valence-electron chi connectivity index (χ0n) is 11.9. The lowest BCUT2D eigenvalue weighted by Gasteiger charge is -2.31. The second kappa shape index (κ2) is 6.89. The molecule has 0 atom stereocenters. The van der Waals surface area contributed by atoms with Gasteiger partial charge >= 0.3 is 6.09 Å². The maximum absolute atomic E-state index is 11.8. The Morgan fingerprint density at radius 1 is 1.37 bits per heavy atom. The van der Waals surface area contributed by atoms with Gasteiger partial charge in [-0.2, -0.15) is 4.99 Å². The van der Waals surface area contributed by atoms with E-state index >= 15 is 0 Å². The summed E-state index contributed by atoms with van der Waals surface area (Å²) in [5.41, 5.74) is 0. The number of hydrogen-bond acceptors (Lipinski definition) is 3. The summed E-state index contributed by atoms with van der Waals surface area (Å²) in [7, 11) is 0. The number of carbonyl (C=O) groups is 1. The highest BCUT2D eigenvalue weighted by Crippen LogP contribution is 2.26. The van der Waals surface area contributed by atoms with E-state index in [9.17, 15) is 4.79 Å². The Morgan fingerprint density at radius 2 is 2.05 bits per heavy atom. The number of hydrogen-bond donors (Lipinski definition) is 0. The molecule has 0 spiro atoms. The predicted molar refractivity (Wildman–Crippen MR) is 73.4 cm³/mol. The Balaban J connectivity index is 1.88. The summed E-state index contributed by atoms with van der Waals surface area (Å²) in [5.74, 6) is 1.60. The van der Waals surface area contributed by atoms with Crippen LogP contribution in [0.25, 0.3) is 0 Å². The molecule has 2 rings (SSSR count). The number of rotatable bonds is 3. The first-order chi connectivity index (χ1) is 9.16. The molecule has 0 aromatic rings. The standard InChI is InChI=1S/C14H24N2O3/c1-11(2)13(16-6-8-18-9-7-16)15-14(17)19-10-12-4-3-5-12/h11-12H,3-10H2,1-2H3/b15-13-. The first-order valence-electron chi connectivity index (χ1n) is 7.25. The molecule has 0 N–H and O–H groups in total. The van der Waals surface area contributed by atoms with E-state index in [-0.39, 0.29) is 5.92 Å². The second-order valence-electron chi connectivity index (χ2n) is 5.60. The van der Waals surface area contributed by atoms with Crippen molar-refractivity contribution in [3.8, 4) is 0 Å². The van der Waals surface area contributed by atoms with E-state index in [1.807, 2.05) is 13.8 Å². The molecule has 1 saturated heterocycles. The molecule has 19 heavy (non-hydrogen) atoms. The molecule has 2 fully saturated rings. The van der Waals surface area contributed by atoms with Crippen LogP contribution in [0.3, 0.4) is 0 Å². The third-order valence-corrected chi connectivity index (χ3v) is 3.72. The van der Waals surface area contributed by atoms with Crippen LogP contribution in [-0.2, 0) is 9.47 Å². The molecule has 1 saturated carbocycles. The van der Waals surface area contributed by atoms with Gasteiger partial charge in [-0.1, -0.05) is 20.3 Å². The Labute approximate surface area is 115 Å². The average molecular weight is 268 g/mol. The van der Waals surface area contributed by atoms with E-state index in [0.29, 0.717) is 25.7 Å². The topological polar surface area (TPSA) is 51.1 Å². The molecule has 0 aromatic carbocycles. The van der Waals surface area contributed by atoms with Crippen molar-refractivity contribution in [1.29, 1.82) is 0 Å². The van der Waals surface area contributed by atoms with Gasteiger partial charge in [0.05, 0.1) is 19.8 Å². The molecule has 1 aliphatic carbocycles. The van der Waals surface area contributed by atoms with Crippen LogP contribution in [0.15, 0.2) is 4.99 Å². The van der Waals surface area contributed by atoms with Crippen LogP contribution in [0.4, 0.5) is 4.79 Å². The largest absolute Gasteiger partial charge is 0.448 e. The maximum atomic E-state index is 11.8. The number of carbonyl (C=O) groups excluding carboxylic acids is 1. The fraction of sp³-hybridized carbons (Fsp3) is 0.857. The first-order valence-corrected chi connectivity index (χ1v) is 7.25. The summed E-state index contributed by atoms with van der Waals surface area (Å²) >= 11 is 0. The molecule has 0 radical (unpaired) electrons. The molecule has 5 heteroatoms. The normalized spacial score (nSPS) is 21.4. The van der Waals surface area contributed by atoms with Gasteiger partial charge < -0.3 is 14.4 Å². The number of ether oxygens (including phenoxy) is 2. The van der Waals surface area contributed by atoms with Crippen molar-refractivity contribution >= 4 is 11.9 Å². The van der Waals surface area contributed by atoms with Gasteiger partial charge in [0.15, 0.2) is 0 Å². The number of amidine groups is 1. The molecular formula is C14H24N2O3. The highest BCUT2D eigenvalue weighted by molar-refractivity contribution is 5.93. The van der Waals surface area contributed by atoms with Gasteiger partial charge in [0.1, 0.15) is 5.84 Å². The summed E-state index contributed by atoms with van der Waals surface area (Å²) in [6.45, 7) is 7.61. The van der Waals surface area contributed by atoms with Crippen LogP contribution < -0.4 is 0 Å². The minimum absolute atomic E-state index is 0.217. The van der Waals surface area contributed by atoms with Crippen molar-refractivity contribution in [2.24, 2.45) is 16.8 Å². The van der Waals surface area contributed by atoms with Crippen LogP contribution in [-0.4, -0.2) is 49.7 Å². The molecule has 0 unspecified atom stereocenters. The van der Waals surface area contributed by atoms with E-state index < -0.39 is 6.09 Å². The number of aliphatic imine (C=N–C) groups is 1. The van der Waals surface area contributed by atoms with Gasteiger partial charge in [0.2, 0.25) is 0 Å². The van der Waals surface area contributed by atoms with Crippen LogP contribution in [0.2, 0.25) is 0 Å². The van der Waals surface area contributed by atoms with E-state index in [2.05, 4.69) is 9.89 Å². The number of amides is 1. The monoisotopic (exact) mass is 268 g/mol. The van der Waals surface area contributed by atoms with Gasteiger partial charge in [-0.15, -0.1) is 0 Å². The third-order valence-electron chi connectivity index (χ3n) is 3.72. The number of nitrogens with zero attached hydrogens (tertiary/aromatic N) is 2. The van der Waals surface area contributed by atoms with Crippen molar-refractivity contribution in [1.82, 2.24) is 4.90 Å². The lowest BCUT2D eigenvalue weighted by molar-refractivity contribution is 0.0657. The van der Waals surface area contributed by atoms with Gasteiger partial charge in [-0.25, -0.2) is 4.79 Å². The van der Waals surface area contributed by atoms with Crippen molar-refractivity contribution in [2.45, 2.75) is 33.1 Å². The van der Waals surface area contributed by atoms with E-state index in [0.717, 1.165) is 18.9 Å². The molecule has 1 aliphatic heterocycles. The van der Waals surface area contributed by atoms with Gasteiger partial charge in [-0.05, 0) is 18.8 Å². The van der Waals surface area contributed by atoms with Crippen molar-refractivity contribution in [3.63, 3.8) is 0 Å². The van der Waals surface area contributed by atoms with Crippen LogP contribution in [0.1, 0.15) is 33.1 Å². The average Bonchev–Trinajstić information content (AvgIpc) is 2.35. The number of morpholine rings is 1. The summed E-state index contributed by atoms with van der Waals surface area (Å²) < 4.78 is 10.6. The lowest BCUT2D eigenvalue weighted by atomic mass is 9.86. The maximum Gasteiger partial charge on any atom is 0.435 e. The minimum atomic E-state index is -0.443. The van der Waals surface area contributed by atoms with Gasteiger partial charge in [0, 0.05) is 19.0 Å². The molecule has 2 aliphatic rings. The third kappa shape index (κ3) is 4.20. The Morgan fingerprint density at radius 3 is 2.58 bits per heavy atom. The highest BCUT2D eigenvalue weighted by Gasteiger charge is 2.21. The van der Waals surface area contributed by atoms with Crippen molar-refractivity contribution in [2.75, 3.05) is 32.9 Å². The van der Waals surface area contributed by atoms with Gasteiger partial charge in [-0.3, -0.25) is 0 Å². The quantitative estimate of drug-likeness (QED) is 0.582. The van der Waals surface area contributed by atoms with E-state index in [1.54, 1.807) is 0 Å². The molecule has 108 valence electrons. The van der Waals surface area contributed by atoms with Crippen LogP contribution in [0.5, 0.6) is 0 Å². The SMILES string of the molecule is CC(C)/C(=N/C(=O)OCC1CCC1)N1CCOCC1. The predicted octanol–water partition coefficient (Wildman–Crippen LogP) is 2.31. The summed E-state index contributed by atoms with van der Waals surface area (Å²) in [5, 5.41) is 0. The minimum Gasteiger partial charge on any atom is -0.448 e. The van der Waals surface area contributed by atoms with Crippen molar-refractivity contribution < 1.29 is 14.3 Å². The van der Waals surface area contributed by atoms with E-state index in [1.165, 1.54) is 19.3 Å². The zero-order valence-corrected chi connectivity index (χ0v) is 11.9. The Bertz CT molecular complexity index is 332. The molecule has 0 aromatic heterocycles. The van der Waals surface area contributed by atoms with Crippen molar-refractivity contribution in [3.05, 3.63) is 0 Å². The summed E-state index contributed by atoms with van der Waals surface area (Å²) in [6.07, 6.45) is 3.17. The first kappa shape index (κ1) is 14.3. The Hall–Kier alpha value is -1.10. The molecule has 0 bridgehead atoms. The second-order valence-corrected chi connectivity index (χ2v) is 5.60. The summed E-state index contributed by atoms with van der Waals surface area (Å²) in [6, 6.07) is 0. The summed E-state index contributed by atoms with van der Waals surface area (Å²) in [4.78, 5) is 18.1. The molecule has 1 amide bonds. The van der Waals surface area contributed by atoms with Gasteiger partial charge in [0.25, 0.3) is 0 Å². The smallest absolute Gasteiger partial charge is 0.435 e. The highest BCUT2D eigenvalue weighted by atomic mass is 16.5. The Kier molecular flexibility index (Phi) is 5.19. The van der Waals surface area contributed by atoms with Crippen LogP contribution >= 0.6 is 0 Å². The fourth-order valence-electron chi connectivity index (χ4n) is 2.33.